The summed E-state index contributed by atoms with van der Waals surface area (Å²) in [5.41, 5.74) is 8.23. The molecule has 0 aliphatic rings. The summed E-state index contributed by atoms with van der Waals surface area (Å²) in [4.78, 5) is 13.9. The van der Waals surface area contributed by atoms with Gasteiger partial charge in [0.25, 0.3) is 0 Å². The largest absolute Gasteiger partial charge is 0.320 e. The normalized spacial score (nSPS) is 10.9. The van der Waals surface area contributed by atoms with E-state index >= 15 is 0 Å². The van der Waals surface area contributed by atoms with Crippen LogP contribution in [0.5, 0.6) is 0 Å². The number of rotatable bonds is 8. The van der Waals surface area contributed by atoms with Crippen LogP contribution in [0.2, 0.25) is 0 Å². The van der Waals surface area contributed by atoms with E-state index in [2.05, 4.69) is 130 Å². The second-order valence-electron chi connectivity index (χ2n) is 10.3. The van der Waals surface area contributed by atoms with Gasteiger partial charge in [0, 0.05) is 59.6 Å². The molecule has 0 aliphatic carbocycles. The van der Waals surface area contributed by atoms with Crippen LogP contribution in [0.15, 0.2) is 164 Å². The Morgan fingerprint density at radius 1 is 0.535 bits per heavy atom. The van der Waals surface area contributed by atoms with Crippen LogP contribution >= 0.6 is 0 Å². The van der Waals surface area contributed by atoms with Crippen LogP contribution in [0.3, 0.4) is 0 Å². The van der Waals surface area contributed by atoms with Crippen molar-refractivity contribution in [1.82, 2.24) is 19.1 Å². The summed E-state index contributed by atoms with van der Waals surface area (Å²) in [5.74, 6) is 0.839. The topological polar surface area (TPSA) is 42.1 Å². The van der Waals surface area contributed by atoms with Crippen LogP contribution in [-0.4, -0.2) is 19.1 Å². The predicted molar refractivity (Wildman–Crippen MR) is 175 cm³/mol. The molecule has 0 saturated carbocycles. The fourth-order valence-corrected chi connectivity index (χ4v) is 5.34. The lowest BCUT2D eigenvalue weighted by atomic mass is 10.1. The zero-order chi connectivity index (χ0) is 29.0. The molecule has 0 fully saturated rings. The maximum absolute atomic E-state index is 4.74. The van der Waals surface area contributed by atoms with Crippen molar-refractivity contribution in [2.75, 3.05) is 9.80 Å². The van der Waals surface area contributed by atoms with Crippen LogP contribution in [0.4, 0.5) is 34.4 Å². The van der Waals surface area contributed by atoms with Crippen molar-refractivity contribution in [3.05, 3.63) is 164 Å². The van der Waals surface area contributed by atoms with Gasteiger partial charge in [0.2, 0.25) is 5.95 Å². The monoisotopic (exact) mass is 558 g/mol. The molecule has 7 aromatic rings. The summed E-state index contributed by atoms with van der Waals surface area (Å²) in [6.07, 6.45) is 7.74. The quantitative estimate of drug-likeness (QED) is 0.186. The molecule has 0 amide bonds. The van der Waals surface area contributed by atoms with E-state index in [0.29, 0.717) is 0 Å². The van der Waals surface area contributed by atoms with Gasteiger partial charge in [-0.3, -0.25) is 4.90 Å². The van der Waals surface area contributed by atoms with Crippen molar-refractivity contribution in [3.8, 4) is 16.9 Å². The molecule has 0 aliphatic heterocycles. The minimum atomic E-state index is 0.839. The lowest BCUT2D eigenvalue weighted by Gasteiger charge is -2.29. The molecule has 43 heavy (non-hydrogen) atoms. The van der Waals surface area contributed by atoms with Gasteiger partial charge in [0.05, 0.1) is 17.7 Å². The van der Waals surface area contributed by atoms with Gasteiger partial charge in [-0.1, -0.05) is 72.8 Å². The van der Waals surface area contributed by atoms with Crippen LogP contribution < -0.4 is 9.80 Å². The Kier molecular flexibility index (Phi) is 6.99. The third-order valence-electron chi connectivity index (χ3n) is 7.41. The van der Waals surface area contributed by atoms with Crippen molar-refractivity contribution in [3.63, 3.8) is 0 Å². The van der Waals surface area contributed by atoms with Gasteiger partial charge in [0.15, 0.2) is 0 Å². The minimum Gasteiger partial charge on any atom is -0.320 e. The van der Waals surface area contributed by atoms with Gasteiger partial charge in [-0.2, -0.15) is 0 Å². The summed E-state index contributed by atoms with van der Waals surface area (Å²) in [7, 11) is 2.02. The van der Waals surface area contributed by atoms with E-state index in [1.165, 1.54) is 0 Å². The third kappa shape index (κ3) is 5.29. The summed E-state index contributed by atoms with van der Waals surface area (Å²) in [5, 5.41) is 0. The number of hydrogen-bond donors (Lipinski definition) is 0. The van der Waals surface area contributed by atoms with E-state index in [-0.39, 0.29) is 0 Å². The third-order valence-corrected chi connectivity index (χ3v) is 7.41. The maximum atomic E-state index is 4.74. The van der Waals surface area contributed by atoms with Gasteiger partial charge in [-0.05, 0) is 66.7 Å². The number of para-hydroxylation sites is 3. The van der Waals surface area contributed by atoms with Crippen LogP contribution in [-0.2, 0) is 7.05 Å². The van der Waals surface area contributed by atoms with E-state index in [9.17, 15) is 0 Å². The molecule has 0 saturated heterocycles. The van der Waals surface area contributed by atoms with E-state index in [4.69, 9.17) is 9.97 Å². The first-order chi connectivity index (χ1) is 21.2. The van der Waals surface area contributed by atoms with Crippen molar-refractivity contribution in [1.29, 1.82) is 0 Å². The highest BCUT2D eigenvalue weighted by atomic mass is 15.3. The summed E-state index contributed by atoms with van der Waals surface area (Å²) >= 11 is 0. The van der Waals surface area contributed by atoms with Gasteiger partial charge in [-0.25, -0.2) is 9.97 Å². The fourth-order valence-electron chi connectivity index (χ4n) is 5.34. The second-order valence-corrected chi connectivity index (χ2v) is 10.3. The first-order valence-corrected chi connectivity index (χ1v) is 14.2. The molecule has 7 rings (SSSR count). The molecule has 0 bridgehead atoms. The number of aryl methyl sites for hydroxylation is 1. The zero-order valence-corrected chi connectivity index (χ0v) is 23.8. The van der Waals surface area contributed by atoms with Crippen molar-refractivity contribution < 1.29 is 0 Å². The molecule has 0 unspecified atom stereocenters. The lowest BCUT2D eigenvalue weighted by molar-refractivity contribution is 0.896. The number of hydrogen-bond acceptors (Lipinski definition) is 4. The summed E-state index contributed by atoms with van der Waals surface area (Å²) in [6.45, 7) is 0. The average molecular weight is 559 g/mol. The maximum Gasteiger partial charge on any atom is 0.214 e. The fraction of sp³-hybridized carbons (Fsp3) is 0.0270. The SMILES string of the molecule is Cn1ccnc1N(c1ccccc1)c1cccc(N(c2ccccc2)c2cccc(-c3cn(-c4ccccc4)cn3)c2)c1. The van der Waals surface area contributed by atoms with Gasteiger partial charge in [0.1, 0.15) is 0 Å². The average Bonchev–Trinajstić information content (AvgIpc) is 3.73. The Morgan fingerprint density at radius 2 is 1.09 bits per heavy atom. The van der Waals surface area contributed by atoms with Crippen molar-refractivity contribution >= 4 is 34.4 Å². The molecule has 0 N–H and O–H groups in total. The number of benzene rings is 5. The first kappa shape index (κ1) is 26.0. The lowest BCUT2D eigenvalue weighted by Crippen LogP contribution is -2.15. The predicted octanol–water partition coefficient (Wildman–Crippen LogP) is 9.21. The number of aromatic nitrogens is 4. The molecule has 6 nitrogen and oxygen atoms in total. The van der Waals surface area contributed by atoms with Crippen LogP contribution in [0.1, 0.15) is 0 Å². The van der Waals surface area contributed by atoms with Gasteiger partial charge >= 0.3 is 0 Å². The highest BCUT2D eigenvalue weighted by molar-refractivity contribution is 5.83. The Labute approximate surface area is 251 Å². The molecule has 208 valence electrons. The number of anilines is 6. The van der Waals surface area contributed by atoms with Gasteiger partial charge < -0.3 is 14.0 Å². The smallest absolute Gasteiger partial charge is 0.214 e. The zero-order valence-electron chi connectivity index (χ0n) is 23.8. The second kappa shape index (κ2) is 11.5. The Bertz CT molecular complexity index is 1940. The molecule has 0 atom stereocenters. The summed E-state index contributed by atoms with van der Waals surface area (Å²) in [6, 6.07) is 48.2. The Morgan fingerprint density at radius 3 is 1.74 bits per heavy atom. The summed E-state index contributed by atoms with van der Waals surface area (Å²) < 4.78 is 4.09. The molecular formula is C37H30N6. The molecule has 6 heteroatoms. The molecule has 2 heterocycles. The number of imidazole rings is 2. The molecule has 0 radical (unpaired) electrons. The van der Waals surface area contributed by atoms with Crippen molar-refractivity contribution in [2.45, 2.75) is 0 Å². The van der Waals surface area contributed by atoms with Crippen molar-refractivity contribution in [2.24, 2.45) is 7.05 Å². The highest BCUT2D eigenvalue weighted by Gasteiger charge is 2.19. The van der Waals surface area contributed by atoms with E-state index in [1.807, 2.05) is 60.7 Å². The first-order valence-electron chi connectivity index (χ1n) is 14.2. The van der Waals surface area contributed by atoms with Crippen LogP contribution in [0, 0.1) is 0 Å². The van der Waals surface area contributed by atoms with E-state index in [0.717, 1.165) is 51.3 Å². The Hall–Kier alpha value is -5.88. The van der Waals surface area contributed by atoms with E-state index in [1.54, 1.807) is 0 Å². The van der Waals surface area contributed by atoms with Gasteiger partial charge in [-0.15, -0.1) is 0 Å². The molecule has 2 aromatic heterocycles. The molecule has 0 spiro atoms. The Balaban J connectivity index is 1.32. The number of nitrogens with zero attached hydrogens (tertiary/aromatic N) is 6. The highest BCUT2D eigenvalue weighted by Crippen LogP contribution is 2.40. The standard InChI is InChI=1S/C37H30N6/c1-40-24-23-38-37(40)43(32-18-9-4-10-19-32)35-22-12-21-34(26-35)42(31-16-7-3-8-17-31)33-20-11-13-29(25-33)36-27-41(28-39-36)30-14-5-2-6-15-30/h2-28H,1H3. The molecular weight excluding hydrogens is 528 g/mol. The van der Waals surface area contributed by atoms with E-state index < -0.39 is 0 Å². The minimum absolute atomic E-state index is 0.839. The van der Waals surface area contributed by atoms with Crippen LogP contribution in [0.25, 0.3) is 16.9 Å². The molecule has 5 aromatic carbocycles.